The molecule has 1 heterocycles. The Kier molecular flexibility index (Phi) is 13.0. The minimum Gasteiger partial charge on any atom is -0.261 e. The number of benzene rings is 1. The molecule has 1 aromatic carbocycles. The smallest absolute Gasteiger partial charge is 0.0373 e. The second-order valence-electron chi connectivity index (χ2n) is 5.97. The first kappa shape index (κ1) is 21.4. The molecule has 1 nitrogen and oxygen atoms in total. The van der Waals surface area contributed by atoms with E-state index >= 15 is 0 Å². The van der Waals surface area contributed by atoms with Gasteiger partial charge in [0.05, 0.1) is 0 Å². The SMILES string of the molecule is CCC.CCCCCC.Cc1ccc(-c2ccc(C)nc2)cc1. The molecule has 0 aliphatic heterocycles. The van der Waals surface area contributed by atoms with Crippen LogP contribution in [0.2, 0.25) is 0 Å². The zero-order valence-electron chi connectivity index (χ0n) is 16.0. The average Bonchev–Trinajstić information content (AvgIpc) is 2.56. The van der Waals surface area contributed by atoms with Gasteiger partial charge < -0.3 is 0 Å². The molecule has 2 rings (SSSR count). The number of aryl methyl sites for hydroxylation is 2. The quantitative estimate of drug-likeness (QED) is 0.537. The van der Waals surface area contributed by atoms with E-state index in [4.69, 9.17) is 0 Å². The van der Waals surface area contributed by atoms with Gasteiger partial charge in [0, 0.05) is 17.5 Å². The lowest BCUT2D eigenvalue weighted by Gasteiger charge is -2.01. The highest BCUT2D eigenvalue weighted by atomic mass is 14.7. The summed E-state index contributed by atoms with van der Waals surface area (Å²) in [5.74, 6) is 0. The summed E-state index contributed by atoms with van der Waals surface area (Å²) in [6, 6.07) is 12.6. The first-order chi connectivity index (χ1) is 11.1. The molecule has 0 N–H and O–H groups in total. The van der Waals surface area contributed by atoms with Crippen LogP contribution in [0.25, 0.3) is 11.1 Å². The second-order valence-corrected chi connectivity index (χ2v) is 5.97. The van der Waals surface area contributed by atoms with E-state index in [1.54, 1.807) is 0 Å². The van der Waals surface area contributed by atoms with E-state index in [0.717, 1.165) is 5.69 Å². The molecule has 0 fully saturated rings. The fourth-order valence-corrected chi connectivity index (χ4v) is 1.88. The van der Waals surface area contributed by atoms with Crippen LogP contribution in [-0.4, -0.2) is 4.98 Å². The van der Waals surface area contributed by atoms with Gasteiger partial charge >= 0.3 is 0 Å². The Morgan fingerprint density at radius 1 is 0.696 bits per heavy atom. The summed E-state index contributed by atoms with van der Waals surface area (Å²) < 4.78 is 0. The van der Waals surface area contributed by atoms with Gasteiger partial charge in [0.15, 0.2) is 0 Å². The Morgan fingerprint density at radius 3 is 1.57 bits per heavy atom. The number of pyridine rings is 1. The minimum absolute atomic E-state index is 1.06. The molecule has 0 saturated heterocycles. The molecule has 0 atom stereocenters. The third-order valence-corrected chi connectivity index (χ3v) is 3.25. The van der Waals surface area contributed by atoms with Crippen molar-refractivity contribution < 1.29 is 0 Å². The fraction of sp³-hybridized carbons (Fsp3) is 0.500. The van der Waals surface area contributed by atoms with Crippen LogP contribution in [0.15, 0.2) is 42.6 Å². The summed E-state index contributed by atoms with van der Waals surface area (Å²) in [6.07, 6.45) is 8.70. The maximum absolute atomic E-state index is 4.28. The number of hydrogen-bond acceptors (Lipinski definition) is 1. The number of hydrogen-bond donors (Lipinski definition) is 0. The van der Waals surface area contributed by atoms with Crippen LogP contribution in [0.1, 0.15) is 71.1 Å². The lowest BCUT2D eigenvalue weighted by Crippen LogP contribution is -1.82. The van der Waals surface area contributed by atoms with Gasteiger partial charge in [0.25, 0.3) is 0 Å². The van der Waals surface area contributed by atoms with Crippen LogP contribution in [0.5, 0.6) is 0 Å². The summed E-state index contributed by atoms with van der Waals surface area (Å²) in [5.41, 5.74) is 4.74. The zero-order chi connectivity index (χ0) is 17.5. The van der Waals surface area contributed by atoms with Gasteiger partial charge in [-0.1, -0.05) is 95.7 Å². The highest BCUT2D eigenvalue weighted by Crippen LogP contribution is 2.18. The van der Waals surface area contributed by atoms with Crippen molar-refractivity contribution in [3.8, 4) is 11.1 Å². The highest BCUT2D eigenvalue weighted by molar-refractivity contribution is 5.62. The van der Waals surface area contributed by atoms with Gasteiger partial charge in [-0.25, -0.2) is 0 Å². The normalized spacial score (nSPS) is 9.30. The summed E-state index contributed by atoms with van der Waals surface area (Å²) >= 11 is 0. The minimum atomic E-state index is 1.06. The van der Waals surface area contributed by atoms with Gasteiger partial charge in [0.2, 0.25) is 0 Å². The first-order valence-corrected chi connectivity index (χ1v) is 9.08. The van der Waals surface area contributed by atoms with Crippen molar-refractivity contribution >= 4 is 0 Å². The van der Waals surface area contributed by atoms with Crippen molar-refractivity contribution in [3.63, 3.8) is 0 Å². The highest BCUT2D eigenvalue weighted by Gasteiger charge is 1.96. The lowest BCUT2D eigenvalue weighted by atomic mass is 10.1. The largest absolute Gasteiger partial charge is 0.261 e. The van der Waals surface area contributed by atoms with Crippen LogP contribution < -0.4 is 0 Å². The molecule has 1 aromatic heterocycles. The van der Waals surface area contributed by atoms with Crippen LogP contribution >= 0.6 is 0 Å². The summed E-state index contributed by atoms with van der Waals surface area (Å²) in [5, 5.41) is 0. The third-order valence-electron chi connectivity index (χ3n) is 3.25. The Balaban J connectivity index is 0.000000453. The molecule has 0 amide bonds. The first-order valence-electron chi connectivity index (χ1n) is 9.08. The standard InChI is InChI=1S/C13H13N.C6H14.C3H8/c1-10-3-6-12(7-4-10)13-8-5-11(2)14-9-13;1-3-5-6-4-2;1-3-2/h3-9H,1-2H3;3-6H2,1-2H3;3H2,1-2H3. The molecular weight excluding hydrogens is 278 g/mol. The van der Waals surface area contributed by atoms with Gasteiger partial charge in [-0.05, 0) is 25.5 Å². The Hall–Kier alpha value is -1.63. The summed E-state index contributed by atoms with van der Waals surface area (Å²) in [6.45, 7) is 12.8. The molecular formula is C22H35N. The van der Waals surface area contributed by atoms with Crippen molar-refractivity contribution in [1.82, 2.24) is 4.98 Å². The van der Waals surface area contributed by atoms with Crippen molar-refractivity contribution in [2.45, 2.75) is 73.6 Å². The Morgan fingerprint density at radius 2 is 1.17 bits per heavy atom. The van der Waals surface area contributed by atoms with Crippen LogP contribution in [0.4, 0.5) is 0 Å². The van der Waals surface area contributed by atoms with Gasteiger partial charge in [-0.15, -0.1) is 0 Å². The second kappa shape index (κ2) is 14.0. The maximum atomic E-state index is 4.28. The molecule has 23 heavy (non-hydrogen) atoms. The number of unbranched alkanes of at least 4 members (excludes halogenated alkanes) is 3. The fourth-order valence-electron chi connectivity index (χ4n) is 1.88. The number of nitrogens with zero attached hydrogens (tertiary/aromatic N) is 1. The van der Waals surface area contributed by atoms with Crippen molar-refractivity contribution in [2.75, 3.05) is 0 Å². The topological polar surface area (TPSA) is 12.9 Å². The maximum Gasteiger partial charge on any atom is 0.0373 e. The van der Waals surface area contributed by atoms with Crippen LogP contribution in [0, 0.1) is 13.8 Å². The van der Waals surface area contributed by atoms with Crippen LogP contribution in [-0.2, 0) is 0 Å². The number of rotatable bonds is 4. The van der Waals surface area contributed by atoms with Crippen LogP contribution in [0.3, 0.4) is 0 Å². The molecule has 0 aliphatic rings. The molecule has 1 heteroatoms. The Bertz CT molecular complexity index is 435. The van der Waals surface area contributed by atoms with Crippen molar-refractivity contribution in [2.24, 2.45) is 0 Å². The molecule has 0 bridgehead atoms. The molecule has 128 valence electrons. The molecule has 0 saturated carbocycles. The third kappa shape index (κ3) is 10.7. The predicted molar refractivity (Wildman–Crippen MR) is 105 cm³/mol. The molecule has 2 aromatic rings. The van der Waals surface area contributed by atoms with E-state index in [2.05, 4.69) is 69.9 Å². The van der Waals surface area contributed by atoms with E-state index in [0.29, 0.717) is 0 Å². The predicted octanol–water partition coefficient (Wildman–Crippen LogP) is 7.37. The molecule has 0 radical (unpaired) electrons. The van der Waals surface area contributed by atoms with E-state index < -0.39 is 0 Å². The van der Waals surface area contributed by atoms with E-state index in [9.17, 15) is 0 Å². The summed E-state index contributed by atoms with van der Waals surface area (Å²) in [7, 11) is 0. The van der Waals surface area contributed by atoms with E-state index in [-0.39, 0.29) is 0 Å². The molecule has 0 spiro atoms. The van der Waals surface area contributed by atoms with Gasteiger partial charge in [0.1, 0.15) is 0 Å². The lowest BCUT2D eigenvalue weighted by molar-refractivity contribution is 0.702. The van der Waals surface area contributed by atoms with E-state index in [1.807, 2.05) is 19.2 Å². The van der Waals surface area contributed by atoms with Crippen molar-refractivity contribution in [1.29, 1.82) is 0 Å². The summed E-state index contributed by atoms with van der Waals surface area (Å²) in [4.78, 5) is 4.28. The van der Waals surface area contributed by atoms with Crippen molar-refractivity contribution in [3.05, 3.63) is 53.9 Å². The monoisotopic (exact) mass is 313 g/mol. The van der Waals surface area contributed by atoms with Gasteiger partial charge in [-0.2, -0.15) is 0 Å². The zero-order valence-corrected chi connectivity index (χ0v) is 16.0. The Labute approximate surface area is 144 Å². The number of aromatic nitrogens is 1. The molecule has 0 aliphatic carbocycles. The van der Waals surface area contributed by atoms with E-state index in [1.165, 1.54) is 48.8 Å². The molecule has 0 unspecified atom stereocenters. The average molecular weight is 314 g/mol. The van der Waals surface area contributed by atoms with Gasteiger partial charge in [-0.3, -0.25) is 4.98 Å².